The Balaban J connectivity index is 1.71. The lowest BCUT2D eigenvalue weighted by atomic mass is 9.81. The molecular formula is C29H35N3O4S. The highest BCUT2D eigenvalue weighted by molar-refractivity contribution is 7.82. The number of amides is 2. The van der Waals surface area contributed by atoms with E-state index in [2.05, 4.69) is 15.4 Å². The maximum atomic E-state index is 13.3. The third-order valence-corrected chi connectivity index (χ3v) is 7.70. The maximum absolute atomic E-state index is 13.3. The van der Waals surface area contributed by atoms with Gasteiger partial charge in [0.2, 0.25) is 0 Å². The summed E-state index contributed by atoms with van der Waals surface area (Å²) in [5.74, 6) is 0.0540. The maximum Gasteiger partial charge on any atom is 0.414 e. The third kappa shape index (κ3) is 5.04. The molecule has 0 radical (unpaired) electrons. The summed E-state index contributed by atoms with van der Waals surface area (Å²) in [4.78, 5) is 27.8. The predicted octanol–water partition coefficient (Wildman–Crippen LogP) is 6.13. The van der Waals surface area contributed by atoms with Crippen LogP contribution in [0, 0.1) is 0 Å². The quantitative estimate of drug-likeness (QED) is 0.449. The Bertz CT molecular complexity index is 1380. The molecular weight excluding hydrogens is 486 g/mol. The number of nitrogens with one attached hydrogen (secondary N) is 1. The fraction of sp³-hybridized carbons (Fsp3) is 0.448. The summed E-state index contributed by atoms with van der Waals surface area (Å²) in [6, 6.07) is 13.8. The molecule has 1 aliphatic heterocycles. The van der Waals surface area contributed by atoms with Crippen molar-refractivity contribution in [3.8, 4) is 11.3 Å². The van der Waals surface area contributed by atoms with Gasteiger partial charge in [-0.3, -0.25) is 14.4 Å². The monoisotopic (exact) mass is 521 g/mol. The minimum Gasteiger partial charge on any atom is -0.443 e. The summed E-state index contributed by atoms with van der Waals surface area (Å²) >= 11 is 0. The molecule has 1 N–H and O–H groups in total. The Morgan fingerprint density at radius 1 is 1.03 bits per heavy atom. The molecule has 3 aromatic rings. The highest BCUT2D eigenvalue weighted by Gasteiger charge is 2.33. The van der Waals surface area contributed by atoms with Gasteiger partial charge in [-0.25, -0.2) is 9.00 Å². The van der Waals surface area contributed by atoms with Crippen LogP contribution in [0.4, 0.5) is 10.5 Å². The molecule has 1 unspecified atom stereocenters. The molecule has 0 bridgehead atoms. The zero-order chi connectivity index (χ0) is 26.3. The molecule has 8 heteroatoms. The average Bonchev–Trinajstić information content (AvgIpc) is 3.06. The van der Waals surface area contributed by atoms with Crippen molar-refractivity contribution in [1.29, 1.82) is 0 Å². The molecule has 2 amide bonds. The molecule has 1 saturated carbocycles. The second kappa shape index (κ2) is 9.97. The van der Waals surface area contributed by atoms with Crippen molar-refractivity contribution in [2.24, 2.45) is 0 Å². The number of carbonyl (C=O) groups is 2. The highest BCUT2D eigenvalue weighted by atomic mass is 32.2. The lowest BCUT2D eigenvalue weighted by Crippen LogP contribution is -2.38. The van der Waals surface area contributed by atoms with Gasteiger partial charge in [0.25, 0.3) is 5.91 Å². The van der Waals surface area contributed by atoms with E-state index < -0.39 is 16.6 Å². The zero-order valence-corrected chi connectivity index (χ0v) is 22.8. The van der Waals surface area contributed by atoms with Gasteiger partial charge in [0.05, 0.1) is 11.4 Å². The Kier molecular flexibility index (Phi) is 6.88. The summed E-state index contributed by atoms with van der Waals surface area (Å²) in [7, 11) is -1.45. The molecule has 196 valence electrons. The number of benzene rings is 2. The van der Waals surface area contributed by atoms with Gasteiger partial charge in [0, 0.05) is 41.4 Å². The van der Waals surface area contributed by atoms with Gasteiger partial charge in [0.15, 0.2) is 0 Å². The lowest BCUT2D eigenvalue weighted by Gasteiger charge is -2.28. The number of ether oxygens (including phenoxy) is 1. The molecule has 2 heterocycles. The van der Waals surface area contributed by atoms with E-state index in [1.165, 1.54) is 31.1 Å². The Morgan fingerprint density at radius 2 is 1.76 bits per heavy atom. The summed E-state index contributed by atoms with van der Waals surface area (Å²) in [6.07, 6.45) is 6.99. The molecule has 0 spiro atoms. The molecule has 7 nitrogen and oxygen atoms in total. The van der Waals surface area contributed by atoms with Crippen LogP contribution in [0.1, 0.15) is 74.7 Å². The van der Waals surface area contributed by atoms with Crippen LogP contribution in [0.15, 0.2) is 42.5 Å². The topological polar surface area (TPSA) is 80.6 Å². The minimum absolute atomic E-state index is 0.359. The largest absolute Gasteiger partial charge is 0.443 e. The molecule has 1 aromatic heterocycles. The van der Waals surface area contributed by atoms with E-state index in [1.54, 1.807) is 4.90 Å². The molecule has 2 aliphatic rings. The SMILES string of the molecule is CS(=O)NC(=O)c1ccc2c(C3CCCCC3)c3n(c2c1)CCN(C(=O)OC(C)(C)C)c1ccccc1-3. The van der Waals surface area contributed by atoms with Crippen LogP contribution in [0.5, 0.6) is 0 Å². The van der Waals surface area contributed by atoms with Crippen LogP contribution in [0.3, 0.4) is 0 Å². The first kappa shape index (κ1) is 25.5. The summed E-state index contributed by atoms with van der Waals surface area (Å²) in [5.41, 5.74) is 5.11. The van der Waals surface area contributed by atoms with E-state index in [0.29, 0.717) is 24.6 Å². The smallest absolute Gasteiger partial charge is 0.414 e. The van der Waals surface area contributed by atoms with Crippen LogP contribution in [-0.4, -0.2) is 39.2 Å². The number of rotatable bonds is 3. The fourth-order valence-corrected chi connectivity index (χ4v) is 6.15. The fourth-order valence-electron chi connectivity index (χ4n) is 5.77. The standard InChI is InChI=1S/C29H35N3O4S/c1-29(2,3)36-28(34)32-17-16-31-24-18-20(27(33)30-37(4)35)14-15-21(24)25(19-10-6-5-7-11-19)26(31)22-12-8-9-13-23(22)32/h8-9,12-15,18-19H,5-7,10-11,16-17H2,1-4H3,(H,30,33). The van der Waals surface area contributed by atoms with Crippen molar-refractivity contribution in [3.63, 3.8) is 0 Å². The molecule has 2 aromatic carbocycles. The summed E-state index contributed by atoms with van der Waals surface area (Å²) < 4.78 is 22.2. The number of hydrogen-bond acceptors (Lipinski definition) is 4. The van der Waals surface area contributed by atoms with Crippen LogP contribution >= 0.6 is 0 Å². The summed E-state index contributed by atoms with van der Waals surface area (Å²) in [5, 5.41) is 1.15. The van der Waals surface area contributed by atoms with Crippen LogP contribution < -0.4 is 9.62 Å². The zero-order valence-electron chi connectivity index (χ0n) is 22.0. The average molecular weight is 522 g/mol. The molecule has 5 rings (SSSR count). The molecule has 37 heavy (non-hydrogen) atoms. The van der Waals surface area contributed by atoms with Gasteiger partial charge in [0.1, 0.15) is 16.6 Å². The van der Waals surface area contributed by atoms with Gasteiger partial charge < -0.3 is 9.30 Å². The molecule has 1 fully saturated rings. The number of anilines is 1. The van der Waals surface area contributed by atoms with Crippen LogP contribution in [0.25, 0.3) is 22.2 Å². The second-order valence-electron chi connectivity index (χ2n) is 11.0. The minimum atomic E-state index is -1.45. The molecule has 1 atom stereocenters. The van der Waals surface area contributed by atoms with Crippen molar-refractivity contribution in [3.05, 3.63) is 53.6 Å². The Labute approximate surface area is 220 Å². The van der Waals surface area contributed by atoms with Crippen molar-refractivity contribution in [2.45, 2.75) is 70.9 Å². The van der Waals surface area contributed by atoms with Gasteiger partial charge in [-0.1, -0.05) is 43.5 Å². The van der Waals surface area contributed by atoms with Crippen LogP contribution in [-0.2, 0) is 22.3 Å². The van der Waals surface area contributed by atoms with Crippen molar-refractivity contribution < 1.29 is 18.5 Å². The first-order valence-electron chi connectivity index (χ1n) is 13.0. The van der Waals surface area contributed by atoms with E-state index in [-0.39, 0.29) is 12.0 Å². The van der Waals surface area contributed by atoms with E-state index >= 15 is 0 Å². The number of nitrogens with zero attached hydrogens (tertiary/aromatic N) is 2. The number of carbonyl (C=O) groups excluding carboxylic acids is 2. The normalized spacial score (nSPS) is 17.0. The van der Waals surface area contributed by atoms with Crippen molar-refractivity contribution >= 4 is 39.6 Å². The van der Waals surface area contributed by atoms with Crippen LogP contribution in [0.2, 0.25) is 0 Å². The van der Waals surface area contributed by atoms with Gasteiger partial charge in [-0.15, -0.1) is 0 Å². The summed E-state index contributed by atoms with van der Waals surface area (Å²) in [6.45, 7) is 6.65. The van der Waals surface area contributed by atoms with Gasteiger partial charge in [-0.05, 0) is 63.3 Å². The van der Waals surface area contributed by atoms with E-state index in [1.807, 2.05) is 57.2 Å². The van der Waals surface area contributed by atoms with E-state index in [4.69, 9.17) is 4.74 Å². The first-order valence-corrected chi connectivity index (χ1v) is 14.6. The van der Waals surface area contributed by atoms with E-state index in [9.17, 15) is 13.8 Å². The first-order chi connectivity index (χ1) is 17.6. The number of fused-ring (bicyclic) bond motifs is 5. The number of hydrogen-bond donors (Lipinski definition) is 1. The van der Waals surface area contributed by atoms with Crippen molar-refractivity contribution in [2.75, 3.05) is 17.7 Å². The third-order valence-electron chi connectivity index (χ3n) is 7.23. The highest BCUT2D eigenvalue weighted by Crippen LogP contribution is 2.47. The number of para-hydroxylation sites is 1. The number of aromatic nitrogens is 1. The molecule has 1 aliphatic carbocycles. The predicted molar refractivity (Wildman–Crippen MR) is 148 cm³/mol. The van der Waals surface area contributed by atoms with Crippen molar-refractivity contribution in [1.82, 2.24) is 9.29 Å². The van der Waals surface area contributed by atoms with E-state index in [0.717, 1.165) is 40.7 Å². The molecule has 0 saturated heterocycles. The Hall–Kier alpha value is -3.13. The second-order valence-corrected chi connectivity index (χ2v) is 12.1. The Morgan fingerprint density at radius 3 is 2.46 bits per heavy atom. The lowest BCUT2D eigenvalue weighted by molar-refractivity contribution is 0.0579. The van der Waals surface area contributed by atoms with Gasteiger partial charge in [-0.2, -0.15) is 0 Å². The van der Waals surface area contributed by atoms with Gasteiger partial charge >= 0.3 is 6.09 Å².